The highest BCUT2D eigenvalue weighted by atomic mass is 16.2. The molecule has 18 nitrogen and oxygen atoms in total. The van der Waals surface area contributed by atoms with Crippen LogP contribution >= 0.6 is 0 Å². The Morgan fingerprint density at radius 3 is 1.14 bits per heavy atom. The third kappa shape index (κ3) is 17.5. The SMILES string of the molecule is CNC(C(=O)NC(C(=O)N(C)C(C(=O)N(C)C(C(=O)N(C)C(C(=O)N(C)C(C(=O)N(C)C(Cc1ccccc1)C(=O)N(C)C(C(=O)NCCCCN)C(C)C)C(C)C)C(C)C)C(C)C)C(C)C)C(C)C)C(C)C. The van der Waals surface area contributed by atoms with Crippen LogP contribution in [0.2, 0.25) is 0 Å². The lowest BCUT2D eigenvalue weighted by atomic mass is 9.93. The van der Waals surface area contributed by atoms with Gasteiger partial charge in [0, 0.05) is 55.3 Å². The molecule has 0 aliphatic rings. The van der Waals surface area contributed by atoms with Crippen LogP contribution in [0.4, 0.5) is 0 Å². The molecule has 0 aliphatic heterocycles. The second-order valence-electron chi connectivity index (χ2n) is 22.4. The third-order valence-electron chi connectivity index (χ3n) is 14.1. The number of hydrogen-bond donors (Lipinski definition) is 4. The molecular weight excluding hydrogens is 929 g/mol. The van der Waals surface area contributed by atoms with E-state index in [-0.39, 0.29) is 36.0 Å². The van der Waals surface area contributed by atoms with Gasteiger partial charge in [0.05, 0.1) is 6.04 Å². The third-order valence-corrected chi connectivity index (χ3v) is 14.1. The minimum atomic E-state index is -1.09. The molecule has 0 radical (unpaired) electrons. The summed E-state index contributed by atoms with van der Waals surface area (Å²) < 4.78 is 0. The van der Waals surface area contributed by atoms with Crippen LogP contribution in [-0.4, -0.2) is 187 Å². The van der Waals surface area contributed by atoms with E-state index in [1.807, 2.05) is 113 Å². The molecule has 1 aromatic carbocycles. The number of rotatable bonds is 29. The number of likely N-dealkylation sites (N-methyl/N-ethyl adjacent to an activating group) is 7. The molecule has 73 heavy (non-hydrogen) atoms. The van der Waals surface area contributed by atoms with Crippen LogP contribution in [0.25, 0.3) is 0 Å². The smallest absolute Gasteiger partial charge is 0.246 e. The van der Waals surface area contributed by atoms with Crippen molar-refractivity contribution in [3.8, 4) is 0 Å². The van der Waals surface area contributed by atoms with Gasteiger partial charge in [0.25, 0.3) is 0 Å². The van der Waals surface area contributed by atoms with Crippen LogP contribution in [0, 0.1) is 41.4 Å². The van der Waals surface area contributed by atoms with Gasteiger partial charge in [0.2, 0.25) is 47.3 Å². The van der Waals surface area contributed by atoms with Crippen molar-refractivity contribution in [1.29, 1.82) is 0 Å². The maximum absolute atomic E-state index is 15.0. The second-order valence-corrected chi connectivity index (χ2v) is 22.4. The molecule has 1 aromatic rings. The summed E-state index contributed by atoms with van der Waals surface area (Å²) in [5.74, 6) is -5.89. The normalized spacial score (nSPS) is 15.1. The Morgan fingerprint density at radius 2 is 0.795 bits per heavy atom. The molecule has 0 bridgehead atoms. The summed E-state index contributed by atoms with van der Waals surface area (Å²) in [6.45, 7) is 26.6. The standard InChI is InChI=1S/C55H98N10O8/c1-32(2)41(57-15)48(66)59-42(33(3)4)51(69)62(18)45(36(9)10)53(71)64(20)47(38(13)14)55(73)65(21)46(37(11)12)54(72)63(19)44(35(7)8)52(70)60(16)40(31-39-27-23-22-24-28-39)50(68)61(17)43(34(5)6)49(67)58-30-26-25-29-56/h22-24,27-28,32-38,40-47,57H,25-26,29-31,56H2,1-21H3,(H,58,67)(H,59,66). The number of nitrogens with one attached hydrogen (secondary N) is 3. The van der Waals surface area contributed by atoms with Crippen LogP contribution in [0.15, 0.2) is 30.3 Å². The Bertz CT molecular complexity index is 1960. The number of nitrogens with zero attached hydrogens (tertiary/aromatic N) is 6. The first-order valence-corrected chi connectivity index (χ1v) is 26.4. The summed E-state index contributed by atoms with van der Waals surface area (Å²) >= 11 is 0. The van der Waals surface area contributed by atoms with E-state index in [2.05, 4.69) is 16.0 Å². The Balaban J connectivity index is 3.69. The van der Waals surface area contributed by atoms with Crippen molar-refractivity contribution in [1.82, 2.24) is 45.3 Å². The first-order valence-electron chi connectivity index (χ1n) is 26.4. The fourth-order valence-electron chi connectivity index (χ4n) is 9.98. The molecule has 0 saturated heterocycles. The van der Waals surface area contributed by atoms with Gasteiger partial charge in [-0.1, -0.05) is 127 Å². The quantitative estimate of drug-likeness (QED) is 0.0854. The van der Waals surface area contributed by atoms with Crippen molar-refractivity contribution in [2.75, 3.05) is 62.4 Å². The fraction of sp³-hybridized carbons (Fsp3) is 0.745. The molecule has 18 heteroatoms. The molecule has 5 N–H and O–H groups in total. The summed E-state index contributed by atoms with van der Waals surface area (Å²) in [7, 11) is 10.9. The molecule has 8 amide bonds. The molecule has 8 atom stereocenters. The topological polar surface area (TPSA) is 218 Å². The number of amides is 8. The predicted octanol–water partition coefficient (Wildman–Crippen LogP) is 3.71. The highest BCUT2D eigenvalue weighted by Crippen LogP contribution is 2.26. The molecule has 0 heterocycles. The Morgan fingerprint density at radius 1 is 0.438 bits per heavy atom. The van der Waals surface area contributed by atoms with Crippen molar-refractivity contribution in [3.63, 3.8) is 0 Å². The van der Waals surface area contributed by atoms with Gasteiger partial charge in [-0.05, 0) is 73.4 Å². The number of carbonyl (C=O) groups is 8. The Kier molecular flexibility index (Phi) is 27.4. The van der Waals surface area contributed by atoms with Gasteiger partial charge >= 0.3 is 0 Å². The lowest BCUT2D eigenvalue weighted by Gasteiger charge is -2.43. The van der Waals surface area contributed by atoms with E-state index in [4.69, 9.17) is 5.73 Å². The summed E-state index contributed by atoms with van der Waals surface area (Å²) in [5, 5.41) is 8.87. The predicted molar refractivity (Wildman–Crippen MR) is 289 cm³/mol. The summed E-state index contributed by atoms with van der Waals surface area (Å²) in [6, 6.07) is 1.68. The van der Waals surface area contributed by atoms with Gasteiger partial charge in [-0.25, -0.2) is 0 Å². The van der Waals surface area contributed by atoms with E-state index in [1.165, 1.54) is 57.6 Å². The first kappa shape index (κ1) is 65.9. The van der Waals surface area contributed by atoms with Crippen LogP contribution in [0.5, 0.6) is 0 Å². The number of carbonyl (C=O) groups excluding carboxylic acids is 8. The van der Waals surface area contributed by atoms with Crippen molar-refractivity contribution < 1.29 is 38.4 Å². The number of unbranched alkanes of at least 4 members (excludes halogenated alkanes) is 1. The molecule has 0 aromatic heterocycles. The lowest BCUT2D eigenvalue weighted by Crippen LogP contribution is -2.63. The minimum Gasteiger partial charge on any atom is -0.354 e. The van der Waals surface area contributed by atoms with E-state index in [0.29, 0.717) is 19.5 Å². The zero-order chi connectivity index (χ0) is 56.5. The maximum atomic E-state index is 15.0. The van der Waals surface area contributed by atoms with Crippen LogP contribution in [0.1, 0.15) is 115 Å². The molecule has 1 rings (SSSR count). The van der Waals surface area contributed by atoms with Crippen LogP contribution in [-0.2, 0) is 44.8 Å². The van der Waals surface area contributed by atoms with Gasteiger partial charge in [-0.2, -0.15) is 0 Å². The van der Waals surface area contributed by atoms with E-state index in [0.717, 1.165) is 12.0 Å². The van der Waals surface area contributed by atoms with Crippen molar-refractivity contribution in [3.05, 3.63) is 35.9 Å². The van der Waals surface area contributed by atoms with E-state index in [1.54, 1.807) is 35.0 Å². The van der Waals surface area contributed by atoms with Crippen LogP contribution in [0.3, 0.4) is 0 Å². The molecule has 0 fully saturated rings. The summed E-state index contributed by atoms with van der Waals surface area (Å²) in [6.07, 6.45) is 1.57. The molecular formula is C55H98N10O8. The minimum absolute atomic E-state index is 0.0462. The highest BCUT2D eigenvalue weighted by Gasteiger charge is 2.46. The van der Waals surface area contributed by atoms with Gasteiger partial charge in [-0.3, -0.25) is 38.4 Å². The number of benzene rings is 1. The van der Waals surface area contributed by atoms with E-state index in [9.17, 15) is 28.8 Å². The average Bonchev–Trinajstić information content (AvgIpc) is 3.30. The lowest BCUT2D eigenvalue weighted by molar-refractivity contribution is -0.159. The Labute approximate surface area is 439 Å². The Hall–Kier alpha value is -5.10. The molecule has 0 aliphatic carbocycles. The maximum Gasteiger partial charge on any atom is 0.246 e. The van der Waals surface area contributed by atoms with Gasteiger partial charge in [0.1, 0.15) is 42.3 Å². The first-order chi connectivity index (χ1) is 33.8. The molecule has 0 saturated carbocycles. The molecule has 416 valence electrons. The van der Waals surface area contributed by atoms with E-state index >= 15 is 9.59 Å². The van der Waals surface area contributed by atoms with Crippen molar-refractivity contribution in [2.45, 2.75) is 165 Å². The zero-order valence-electron chi connectivity index (χ0n) is 48.6. The average molecular weight is 1030 g/mol. The second kappa shape index (κ2) is 30.3. The van der Waals surface area contributed by atoms with E-state index < -0.39 is 107 Å². The molecule has 0 spiro atoms. The number of hydrogen-bond acceptors (Lipinski definition) is 10. The van der Waals surface area contributed by atoms with Crippen LogP contribution < -0.4 is 21.7 Å². The van der Waals surface area contributed by atoms with Crippen molar-refractivity contribution >= 4 is 47.3 Å². The summed E-state index contributed by atoms with van der Waals surface area (Å²) in [5.41, 5.74) is 6.45. The van der Waals surface area contributed by atoms with Gasteiger partial charge in [-0.15, -0.1) is 0 Å². The summed E-state index contributed by atoms with van der Waals surface area (Å²) in [4.78, 5) is 124. The molecule has 8 unspecified atom stereocenters. The van der Waals surface area contributed by atoms with Crippen molar-refractivity contribution in [2.24, 2.45) is 47.2 Å². The largest absolute Gasteiger partial charge is 0.354 e. The highest BCUT2D eigenvalue weighted by molar-refractivity contribution is 5.98. The van der Waals surface area contributed by atoms with Gasteiger partial charge in [0.15, 0.2) is 0 Å². The fourth-order valence-corrected chi connectivity index (χ4v) is 9.98. The number of nitrogens with two attached hydrogens (primary N) is 1. The zero-order valence-corrected chi connectivity index (χ0v) is 48.6. The monoisotopic (exact) mass is 1030 g/mol. The van der Waals surface area contributed by atoms with Gasteiger partial charge < -0.3 is 51.1 Å².